The van der Waals surface area contributed by atoms with E-state index >= 15 is 0 Å². The van der Waals surface area contributed by atoms with Crippen LogP contribution in [0.1, 0.15) is 47.0 Å². The first-order chi connectivity index (χ1) is 7.35. The fraction of sp³-hybridized carbons (Fsp3) is 1.00. The maximum absolute atomic E-state index is 10.4. The van der Waals surface area contributed by atoms with E-state index in [0.717, 1.165) is 19.3 Å². The summed E-state index contributed by atoms with van der Waals surface area (Å²) in [4.78, 5) is 0. The van der Waals surface area contributed by atoms with Gasteiger partial charge in [-0.1, -0.05) is 27.7 Å². The molecule has 2 nitrogen and oxygen atoms in total. The van der Waals surface area contributed by atoms with Crippen LogP contribution in [0.25, 0.3) is 0 Å². The number of rotatable bonds is 2. The van der Waals surface area contributed by atoms with Gasteiger partial charge in [-0.15, -0.1) is 0 Å². The Hall–Kier alpha value is -0.0800. The van der Waals surface area contributed by atoms with Gasteiger partial charge in [-0.2, -0.15) is 0 Å². The third kappa shape index (κ3) is 2.02. The van der Waals surface area contributed by atoms with Crippen molar-refractivity contribution in [3.8, 4) is 0 Å². The van der Waals surface area contributed by atoms with Gasteiger partial charge in [0.15, 0.2) is 0 Å². The maximum atomic E-state index is 10.4. The average Bonchev–Trinajstić information content (AvgIpc) is 2.83. The molecule has 0 amide bonds. The molecule has 0 spiro atoms. The molecule has 16 heavy (non-hydrogen) atoms. The number of aliphatic hydroxyl groups is 1. The minimum atomic E-state index is -0.159. The average molecular weight is 225 g/mol. The third-order valence-corrected chi connectivity index (χ3v) is 5.05. The molecule has 3 N–H and O–H groups in total. The Morgan fingerprint density at radius 1 is 1.12 bits per heavy atom. The summed E-state index contributed by atoms with van der Waals surface area (Å²) in [6, 6.07) is 0. The van der Waals surface area contributed by atoms with Gasteiger partial charge in [-0.3, -0.25) is 0 Å². The van der Waals surface area contributed by atoms with Gasteiger partial charge >= 0.3 is 0 Å². The van der Waals surface area contributed by atoms with Crippen LogP contribution in [0.5, 0.6) is 0 Å². The lowest BCUT2D eigenvalue weighted by Gasteiger charge is -2.29. The molecular weight excluding hydrogens is 198 g/mol. The number of aliphatic hydroxyl groups excluding tert-OH is 1. The molecule has 5 atom stereocenters. The Kier molecular flexibility index (Phi) is 3.09. The minimum Gasteiger partial charge on any atom is -0.392 e. The number of nitrogens with two attached hydrogens (primary N) is 1. The lowest BCUT2D eigenvalue weighted by Crippen LogP contribution is -2.31. The second kappa shape index (κ2) is 3.99. The van der Waals surface area contributed by atoms with E-state index in [1.165, 1.54) is 0 Å². The first-order valence-corrected chi connectivity index (χ1v) is 6.82. The summed E-state index contributed by atoms with van der Waals surface area (Å²) in [6.07, 6.45) is 3.16. The topological polar surface area (TPSA) is 46.2 Å². The van der Waals surface area contributed by atoms with Gasteiger partial charge in [0, 0.05) is 11.5 Å². The molecule has 94 valence electrons. The van der Waals surface area contributed by atoms with Crippen molar-refractivity contribution in [2.24, 2.45) is 35.3 Å². The largest absolute Gasteiger partial charge is 0.392 e. The normalized spacial score (nSPS) is 48.0. The standard InChI is InChI=1S/C14H27NO/c1-8(2)10-5-11(9(3)4)13(16)12-7-14(12,15)6-10/h8-13,16H,5-7,15H2,1-4H3/t10-,11+,12-,13-,14+/m0/s1. The van der Waals surface area contributed by atoms with Gasteiger partial charge < -0.3 is 10.8 Å². The number of fused-ring (bicyclic) bond motifs is 1. The predicted octanol–water partition coefficient (Wildman–Crippen LogP) is 2.40. The summed E-state index contributed by atoms with van der Waals surface area (Å²) in [6.45, 7) is 9.05. The first kappa shape index (κ1) is 12.4. The highest BCUT2D eigenvalue weighted by Gasteiger charge is 2.59. The van der Waals surface area contributed by atoms with Gasteiger partial charge in [0.1, 0.15) is 0 Å². The Morgan fingerprint density at radius 3 is 2.25 bits per heavy atom. The molecule has 2 fully saturated rings. The Balaban J connectivity index is 2.17. The number of hydrogen-bond donors (Lipinski definition) is 2. The van der Waals surface area contributed by atoms with E-state index in [4.69, 9.17) is 5.73 Å². The molecule has 2 saturated carbocycles. The van der Waals surface area contributed by atoms with E-state index in [-0.39, 0.29) is 11.6 Å². The Morgan fingerprint density at radius 2 is 1.75 bits per heavy atom. The Bertz CT molecular complexity index is 263. The molecule has 0 aromatic heterocycles. The first-order valence-electron chi connectivity index (χ1n) is 6.82. The molecule has 0 aromatic carbocycles. The van der Waals surface area contributed by atoms with Crippen molar-refractivity contribution in [2.75, 3.05) is 0 Å². The van der Waals surface area contributed by atoms with Crippen LogP contribution in [0.3, 0.4) is 0 Å². The highest BCUT2D eigenvalue weighted by molar-refractivity contribution is 5.14. The molecule has 0 unspecified atom stereocenters. The van der Waals surface area contributed by atoms with E-state index < -0.39 is 0 Å². The van der Waals surface area contributed by atoms with Gasteiger partial charge in [0.05, 0.1) is 6.10 Å². The van der Waals surface area contributed by atoms with Crippen LogP contribution in [-0.4, -0.2) is 16.7 Å². The molecule has 0 bridgehead atoms. The van der Waals surface area contributed by atoms with Gasteiger partial charge in [0.2, 0.25) is 0 Å². The summed E-state index contributed by atoms with van der Waals surface area (Å²) >= 11 is 0. The second-order valence-corrected chi connectivity index (χ2v) is 6.89. The summed E-state index contributed by atoms with van der Waals surface area (Å²) in [7, 11) is 0. The van der Waals surface area contributed by atoms with Crippen LogP contribution in [0.15, 0.2) is 0 Å². The van der Waals surface area contributed by atoms with E-state index in [9.17, 15) is 5.11 Å². The van der Waals surface area contributed by atoms with Crippen molar-refractivity contribution < 1.29 is 5.11 Å². The molecular formula is C14H27NO. The van der Waals surface area contributed by atoms with E-state index in [0.29, 0.717) is 29.6 Å². The lowest BCUT2D eigenvalue weighted by atomic mass is 9.78. The lowest BCUT2D eigenvalue weighted by molar-refractivity contribution is 0.0508. The zero-order valence-corrected chi connectivity index (χ0v) is 11.1. The highest BCUT2D eigenvalue weighted by Crippen LogP contribution is 2.55. The zero-order valence-electron chi connectivity index (χ0n) is 11.1. The van der Waals surface area contributed by atoms with Crippen LogP contribution in [-0.2, 0) is 0 Å². The summed E-state index contributed by atoms with van der Waals surface area (Å²) in [5, 5.41) is 10.4. The molecule has 2 rings (SSSR count). The van der Waals surface area contributed by atoms with E-state index in [2.05, 4.69) is 27.7 Å². The molecule has 0 aromatic rings. The van der Waals surface area contributed by atoms with Crippen LogP contribution in [0.4, 0.5) is 0 Å². The number of hydrogen-bond acceptors (Lipinski definition) is 2. The molecule has 2 aliphatic rings. The summed E-state index contributed by atoms with van der Waals surface area (Å²) in [5.74, 6) is 2.78. The van der Waals surface area contributed by atoms with Crippen molar-refractivity contribution in [1.82, 2.24) is 0 Å². The van der Waals surface area contributed by atoms with Gasteiger partial charge in [0.25, 0.3) is 0 Å². The van der Waals surface area contributed by atoms with Crippen LogP contribution in [0.2, 0.25) is 0 Å². The third-order valence-electron chi connectivity index (χ3n) is 5.05. The molecule has 0 heterocycles. The predicted molar refractivity (Wildman–Crippen MR) is 66.9 cm³/mol. The molecule has 0 saturated heterocycles. The van der Waals surface area contributed by atoms with Crippen LogP contribution < -0.4 is 5.73 Å². The van der Waals surface area contributed by atoms with Crippen molar-refractivity contribution in [3.63, 3.8) is 0 Å². The van der Waals surface area contributed by atoms with Crippen molar-refractivity contribution in [1.29, 1.82) is 0 Å². The van der Waals surface area contributed by atoms with Crippen molar-refractivity contribution in [3.05, 3.63) is 0 Å². The van der Waals surface area contributed by atoms with Gasteiger partial charge in [-0.05, 0) is 42.9 Å². The molecule has 0 radical (unpaired) electrons. The monoisotopic (exact) mass is 225 g/mol. The smallest absolute Gasteiger partial charge is 0.0617 e. The molecule has 2 aliphatic carbocycles. The minimum absolute atomic E-state index is 0.0298. The molecule has 0 aliphatic heterocycles. The maximum Gasteiger partial charge on any atom is 0.0617 e. The fourth-order valence-corrected chi connectivity index (χ4v) is 3.58. The van der Waals surface area contributed by atoms with E-state index in [1.54, 1.807) is 0 Å². The fourth-order valence-electron chi connectivity index (χ4n) is 3.58. The molecule has 2 heteroatoms. The van der Waals surface area contributed by atoms with Crippen LogP contribution in [0, 0.1) is 29.6 Å². The van der Waals surface area contributed by atoms with Crippen molar-refractivity contribution >= 4 is 0 Å². The summed E-state index contributed by atoms with van der Waals surface area (Å²) in [5.41, 5.74) is 6.34. The van der Waals surface area contributed by atoms with E-state index in [1.807, 2.05) is 0 Å². The summed E-state index contributed by atoms with van der Waals surface area (Å²) < 4.78 is 0. The van der Waals surface area contributed by atoms with Crippen molar-refractivity contribution in [2.45, 2.75) is 58.6 Å². The Labute approximate surface area is 99.6 Å². The highest BCUT2D eigenvalue weighted by atomic mass is 16.3. The zero-order chi connectivity index (χ0) is 12.1. The van der Waals surface area contributed by atoms with Gasteiger partial charge in [-0.25, -0.2) is 0 Å². The second-order valence-electron chi connectivity index (χ2n) is 6.89. The van der Waals surface area contributed by atoms with Crippen LogP contribution >= 0.6 is 0 Å². The SMILES string of the molecule is CC(C)[C@H]1C[C@H](C(C)C)[C@H](O)[C@@H]2C[C@]2(N)C1. The quantitative estimate of drug-likeness (QED) is 0.758.